The number of carbonyl (C=O) groups is 1. The Morgan fingerprint density at radius 1 is 1.41 bits per heavy atom. The number of aromatic amines is 1. The number of carbonyl (C=O) groups excluding carboxylic acids is 1. The van der Waals surface area contributed by atoms with Crippen molar-refractivity contribution in [3.63, 3.8) is 0 Å². The summed E-state index contributed by atoms with van der Waals surface area (Å²) in [5.74, 6) is 0.582. The molecule has 1 aliphatic heterocycles. The molecule has 0 radical (unpaired) electrons. The third-order valence-corrected chi connectivity index (χ3v) is 5.83. The fourth-order valence-corrected chi connectivity index (χ4v) is 4.07. The predicted octanol–water partition coefficient (Wildman–Crippen LogP) is 1.92. The Hall–Kier alpha value is -3.41. The number of amides is 1. The summed E-state index contributed by atoms with van der Waals surface area (Å²) in [4.78, 5) is 29.8. The molecule has 0 saturated carbocycles. The van der Waals surface area contributed by atoms with Crippen LogP contribution < -0.4 is 5.56 Å². The standard InChI is InChI=1S/C20H23N7O2/c1-3-14(11-21)15-6-9-25(10-7-15)19(29)16-12-22-27(13(16)2)20-23-18(28)17-5-4-8-26(17)24-20/h4-5,8,12,14-15H,3,6-7,9-10H2,1-2H3,(H,23,24,28). The summed E-state index contributed by atoms with van der Waals surface area (Å²) in [6.07, 6.45) is 5.73. The van der Waals surface area contributed by atoms with Crippen molar-refractivity contribution in [1.29, 1.82) is 5.26 Å². The van der Waals surface area contributed by atoms with Gasteiger partial charge < -0.3 is 4.90 Å². The molecule has 4 rings (SSSR count). The molecule has 3 aromatic heterocycles. The molecule has 3 aromatic rings. The predicted molar refractivity (Wildman–Crippen MR) is 106 cm³/mol. The lowest BCUT2D eigenvalue weighted by Crippen LogP contribution is -2.40. The van der Waals surface area contributed by atoms with Crippen LogP contribution in [0, 0.1) is 30.1 Å². The van der Waals surface area contributed by atoms with Crippen LogP contribution in [-0.4, -0.2) is 48.3 Å². The van der Waals surface area contributed by atoms with Gasteiger partial charge in [0.05, 0.1) is 23.5 Å². The second-order valence-corrected chi connectivity index (χ2v) is 7.44. The number of fused-ring (bicyclic) bond motifs is 1. The molecule has 0 spiro atoms. The largest absolute Gasteiger partial charge is 0.339 e. The molecule has 1 aliphatic rings. The van der Waals surface area contributed by atoms with E-state index in [1.165, 1.54) is 15.4 Å². The molecule has 4 heterocycles. The summed E-state index contributed by atoms with van der Waals surface area (Å²) in [5.41, 5.74) is 1.29. The van der Waals surface area contributed by atoms with E-state index in [1.54, 1.807) is 25.3 Å². The zero-order valence-electron chi connectivity index (χ0n) is 16.5. The number of aromatic nitrogens is 5. The Morgan fingerprint density at radius 3 is 2.86 bits per heavy atom. The number of hydrogen-bond donors (Lipinski definition) is 1. The third-order valence-electron chi connectivity index (χ3n) is 5.83. The van der Waals surface area contributed by atoms with Crippen molar-refractivity contribution in [3.05, 3.63) is 46.1 Å². The highest BCUT2D eigenvalue weighted by molar-refractivity contribution is 5.95. The van der Waals surface area contributed by atoms with Crippen LogP contribution in [0.3, 0.4) is 0 Å². The maximum absolute atomic E-state index is 13.0. The highest BCUT2D eigenvalue weighted by Crippen LogP contribution is 2.28. The lowest BCUT2D eigenvalue weighted by molar-refractivity contribution is 0.0670. The van der Waals surface area contributed by atoms with Gasteiger partial charge >= 0.3 is 0 Å². The molecule has 0 bridgehead atoms. The van der Waals surface area contributed by atoms with Gasteiger partial charge in [-0.2, -0.15) is 10.4 Å². The molecular formula is C20H23N7O2. The smallest absolute Gasteiger partial charge is 0.276 e. The lowest BCUT2D eigenvalue weighted by atomic mass is 9.83. The van der Waals surface area contributed by atoms with Crippen LogP contribution in [0.5, 0.6) is 0 Å². The highest BCUT2D eigenvalue weighted by Gasteiger charge is 2.29. The second-order valence-electron chi connectivity index (χ2n) is 7.44. The van der Waals surface area contributed by atoms with Gasteiger partial charge in [0.1, 0.15) is 5.52 Å². The molecule has 1 fully saturated rings. The summed E-state index contributed by atoms with van der Waals surface area (Å²) in [7, 11) is 0. The first kappa shape index (κ1) is 18.9. The lowest BCUT2D eigenvalue weighted by Gasteiger charge is -2.33. The molecule has 29 heavy (non-hydrogen) atoms. The van der Waals surface area contributed by atoms with E-state index in [0.29, 0.717) is 35.8 Å². The van der Waals surface area contributed by atoms with Crippen LogP contribution >= 0.6 is 0 Å². The maximum atomic E-state index is 13.0. The van der Waals surface area contributed by atoms with E-state index in [4.69, 9.17) is 0 Å². The zero-order valence-corrected chi connectivity index (χ0v) is 16.5. The van der Waals surface area contributed by atoms with E-state index in [0.717, 1.165) is 19.3 Å². The van der Waals surface area contributed by atoms with E-state index < -0.39 is 0 Å². The minimum atomic E-state index is -0.271. The number of nitrogens with one attached hydrogen (secondary N) is 1. The van der Waals surface area contributed by atoms with Crippen LogP contribution in [0.15, 0.2) is 29.3 Å². The molecular weight excluding hydrogens is 370 g/mol. The third kappa shape index (κ3) is 3.31. The van der Waals surface area contributed by atoms with Gasteiger partial charge in [-0.3, -0.25) is 14.6 Å². The number of nitriles is 1. The average molecular weight is 393 g/mol. The van der Waals surface area contributed by atoms with Crippen molar-refractivity contribution in [3.8, 4) is 12.0 Å². The number of likely N-dealkylation sites (tertiary alicyclic amines) is 1. The first-order valence-corrected chi connectivity index (χ1v) is 9.85. The monoisotopic (exact) mass is 393 g/mol. The SMILES string of the molecule is CCC(C#N)C1CCN(C(=O)c2cnn(-c3nn4cccc4c(=O)[nH]3)c2C)CC1. The minimum Gasteiger partial charge on any atom is -0.339 e. The maximum Gasteiger partial charge on any atom is 0.276 e. The topological polar surface area (TPSA) is 112 Å². The van der Waals surface area contributed by atoms with Crippen molar-refractivity contribution >= 4 is 11.4 Å². The molecule has 9 nitrogen and oxygen atoms in total. The van der Waals surface area contributed by atoms with Crippen molar-refractivity contribution in [1.82, 2.24) is 29.3 Å². The van der Waals surface area contributed by atoms with Crippen molar-refractivity contribution in [2.45, 2.75) is 33.1 Å². The summed E-state index contributed by atoms with van der Waals surface area (Å²) in [5, 5.41) is 17.9. The molecule has 1 atom stereocenters. The number of hydrogen-bond acceptors (Lipinski definition) is 5. The van der Waals surface area contributed by atoms with Gasteiger partial charge in [-0.05, 0) is 44.2 Å². The van der Waals surface area contributed by atoms with E-state index in [2.05, 4.69) is 21.3 Å². The van der Waals surface area contributed by atoms with Gasteiger partial charge in [-0.1, -0.05) is 6.92 Å². The molecule has 0 aliphatic carbocycles. The van der Waals surface area contributed by atoms with Crippen LogP contribution in [0.2, 0.25) is 0 Å². The zero-order chi connectivity index (χ0) is 20.5. The average Bonchev–Trinajstić information content (AvgIpc) is 3.36. The van der Waals surface area contributed by atoms with Crippen LogP contribution in [-0.2, 0) is 0 Å². The quantitative estimate of drug-likeness (QED) is 0.728. The van der Waals surface area contributed by atoms with Gasteiger partial charge in [0.15, 0.2) is 0 Å². The van der Waals surface area contributed by atoms with Gasteiger partial charge in [0.25, 0.3) is 11.5 Å². The molecule has 1 N–H and O–H groups in total. The van der Waals surface area contributed by atoms with Crippen molar-refractivity contribution in [2.24, 2.45) is 11.8 Å². The molecule has 1 saturated heterocycles. The van der Waals surface area contributed by atoms with Gasteiger partial charge in [-0.25, -0.2) is 9.20 Å². The van der Waals surface area contributed by atoms with E-state index >= 15 is 0 Å². The van der Waals surface area contributed by atoms with Crippen LogP contribution in [0.4, 0.5) is 0 Å². The fourth-order valence-electron chi connectivity index (χ4n) is 4.07. The molecule has 0 aromatic carbocycles. The second kappa shape index (κ2) is 7.54. The molecule has 9 heteroatoms. The summed E-state index contributed by atoms with van der Waals surface area (Å²) < 4.78 is 2.96. The normalized spacial score (nSPS) is 16.1. The fraction of sp³-hybridized carbons (Fsp3) is 0.450. The minimum absolute atomic E-state index is 0.0586. The van der Waals surface area contributed by atoms with Crippen molar-refractivity contribution < 1.29 is 4.79 Å². The van der Waals surface area contributed by atoms with Crippen LogP contribution in [0.1, 0.15) is 42.2 Å². The molecule has 150 valence electrons. The molecule has 1 unspecified atom stereocenters. The first-order valence-electron chi connectivity index (χ1n) is 9.85. The highest BCUT2D eigenvalue weighted by atomic mass is 16.2. The van der Waals surface area contributed by atoms with Gasteiger partial charge in [-0.15, -0.1) is 5.10 Å². The van der Waals surface area contributed by atoms with Crippen molar-refractivity contribution in [2.75, 3.05) is 13.1 Å². The molecule has 1 amide bonds. The Kier molecular flexibility index (Phi) is 4.92. The Labute approximate surface area is 167 Å². The summed E-state index contributed by atoms with van der Waals surface area (Å²) in [6, 6.07) is 5.81. The number of nitrogens with zero attached hydrogens (tertiary/aromatic N) is 6. The number of piperidine rings is 1. The Balaban J connectivity index is 1.55. The van der Waals surface area contributed by atoms with E-state index in [-0.39, 0.29) is 23.3 Å². The summed E-state index contributed by atoms with van der Waals surface area (Å²) in [6.45, 7) is 5.09. The summed E-state index contributed by atoms with van der Waals surface area (Å²) >= 11 is 0. The number of rotatable bonds is 4. The van der Waals surface area contributed by atoms with Gasteiger partial charge in [0.2, 0.25) is 5.95 Å². The van der Waals surface area contributed by atoms with E-state index in [1.807, 2.05) is 11.8 Å². The van der Waals surface area contributed by atoms with E-state index in [9.17, 15) is 14.9 Å². The Morgan fingerprint density at radius 2 is 2.17 bits per heavy atom. The first-order chi connectivity index (χ1) is 14.0. The number of H-pyrrole nitrogens is 1. The van der Waals surface area contributed by atoms with Gasteiger partial charge in [0, 0.05) is 25.2 Å². The Bertz CT molecular complexity index is 1140. The van der Waals surface area contributed by atoms with Crippen LogP contribution in [0.25, 0.3) is 11.5 Å².